The highest BCUT2D eigenvalue weighted by Gasteiger charge is 2.31. The van der Waals surface area contributed by atoms with Gasteiger partial charge in [0.25, 0.3) is 0 Å². The molecule has 124 valence electrons. The summed E-state index contributed by atoms with van der Waals surface area (Å²) < 4.78 is 1.02. The Bertz CT molecular complexity index is 984. The van der Waals surface area contributed by atoms with Gasteiger partial charge in [-0.2, -0.15) is 5.10 Å². The molecule has 0 fully saturated rings. The Morgan fingerprint density at radius 3 is 2.52 bits per heavy atom. The van der Waals surface area contributed by atoms with Crippen LogP contribution in [0.2, 0.25) is 0 Å². The second-order valence-electron chi connectivity index (χ2n) is 5.94. The fraction of sp³-hybridized carbons (Fsp3) is 0.158. The van der Waals surface area contributed by atoms with Gasteiger partial charge in [-0.15, -0.1) is 0 Å². The average molecular weight is 395 g/mol. The van der Waals surface area contributed by atoms with Crippen LogP contribution in [0, 0.1) is 0 Å². The molecule has 0 spiro atoms. The van der Waals surface area contributed by atoms with Crippen molar-refractivity contribution >= 4 is 38.6 Å². The number of carbonyl (C=O) groups excluding carboxylic acids is 1. The van der Waals surface area contributed by atoms with E-state index in [0.29, 0.717) is 6.42 Å². The van der Waals surface area contributed by atoms with Crippen molar-refractivity contribution in [3.05, 3.63) is 70.5 Å². The highest BCUT2D eigenvalue weighted by atomic mass is 79.9. The lowest BCUT2D eigenvalue weighted by atomic mass is 9.98. The van der Waals surface area contributed by atoms with Gasteiger partial charge >= 0.3 is 0 Å². The number of hydrogen-bond acceptors (Lipinski definition) is 4. The van der Waals surface area contributed by atoms with Crippen molar-refractivity contribution in [2.45, 2.75) is 19.4 Å². The summed E-state index contributed by atoms with van der Waals surface area (Å²) in [6, 6.07) is 13.8. The largest absolute Gasteiger partial charge is 0.273 e. The van der Waals surface area contributed by atoms with Crippen molar-refractivity contribution in [3.63, 3.8) is 0 Å². The molecule has 1 aliphatic heterocycles. The number of halogens is 1. The number of hydrazone groups is 1. The van der Waals surface area contributed by atoms with Gasteiger partial charge in [-0.1, -0.05) is 34.1 Å². The predicted molar refractivity (Wildman–Crippen MR) is 100 cm³/mol. The highest BCUT2D eigenvalue weighted by molar-refractivity contribution is 9.10. The smallest absolute Gasteiger partial charge is 0.240 e. The second-order valence-corrected chi connectivity index (χ2v) is 6.86. The Hall–Kier alpha value is -2.60. The quantitative estimate of drug-likeness (QED) is 0.657. The maximum absolute atomic E-state index is 12.1. The van der Waals surface area contributed by atoms with Gasteiger partial charge in [0.15, 0.2) is 0 Å². The van der Waals surface area contributed by atoms with Crippen LogP contribution in [0.5, 0.6) is 0 Å². The molecular weight excluding hydrogens is 380 g/mol. The molecule has 0 aliphatic carbocycles. The molecule has 5 nitrogen and oxygen atoms in total. The Morgan fingerprint density at radius 2 is 1.80 bits per heavy atom. The molecule has 4 rings (SSSR count). The summed E-state index contributed by atoms with van der Waals surface area (Å²) in [5.74, 6) is -0.0728. The number of benzene rings is 2. The van der Waals surface area contributed by atoms with Gasteiger partial charge in [-0.3, -0.25) is 14.8 Å². The lowest BCUT2D eigenvalue weighted by Crippen LogP contribution is -2.24. The fourth-order valence-electron chi connectivity index (χ4n) is 3.06. The summed E-state index contributed by atoms with van der Waals surface area (Å²) in [7, 11) is 0. The summed E-state index contributed by atoms with van der Waals surface area (Å²) in [6.45, 7) is 1.54. The van der Waals surface area contributed by atoms with Gasteiger partial charge in [0.05, 0.1) is 22.8 Å². The van der Waals surface area contributed by atoms with E-state index in [9.17, 15) is 4.79 Å². The molecule has 1 aromatic heterocycles. The number of nitrogens with zero attached hydrogens (tertiary/aromatic N) is 4. The summed E-state index contributed by atoms with van der Waals surface area (Å²) in [5, 5.41) is 6.14. The van der Waals surface area contributed by atoms with E-state index in [0.717, 1.165) is 32.3 Å². The fourth-order valence-corrected chi connectivity index (χ4v) is 3.33. The Labute approximate surface area is 153 Å². The summed E-state index contributed by atoms with van der Waals surface area (Å²) >= 11 is 3.44. The van der Waals surface area contributed by atoms with Crippen LogP contribution in [0.15, 0.2) is 64.4 Å². The van der Waals surface area contributed by atoms with Crippen LogP contribution in [0.1, 0.15) is 30.5 Å². The van der Waals surface area contributed by atoms with Crippen LogP contribution in [0.25, 0.3) is 11.0 Å². The van der Waals surface area contributed by atoms with Crippen molar-refractivity contribution in [2.24, 2.45) is 5.10 Å². The Balaban J connectivity index is 1.71. The van der Waals surface area contributed by atoms with E-state index >= 15 is 0 Å². The minimum atomic E-state index is -0.123. The Morgan fingerprint density at radius 1 is 1.08 bits per heavy atom. The topological polar surface area (TPSA) is 58.5 Å². The number of rotatable bonds is 2. The van der Waals surface area contributed by atoms with Crippen molar-refractivity contribution in [1.29, 1.82) is 0 Å². The molecule has 1 amide bonds. The molecule has 1 aliphatic rings. The van der Waals surface area contributed by atoms with Gasteiger partial charge in [0, 0.05) is 30.2 Å². The zero-order chi connectivity index (χ0) is 17.4. The predicted octanol–water partition coefficient (Wildman–Crippen LogP) is 4.09. The van der Waals surface area contributed by atoms with E-state index in [1.165, 1.54) is 0 Å². The lowest BCUT2D eigenvalue weighted by Gasteiger charge is -2.20. The SMILES string of the molecule is CC(=O)N1N=C(c2ccc(Br)cc2)C[C@H]1c1ccc2nccnc2c1. The molecular formula is C19H15BrN4O. The third-order valence-electron chi connectivity index (χ3n) is 4.29. The van der Waals surface area contributed by atoms with Gasteiger partial charge in [0.2, 0.25) is 5.91 Å². The van der Waals surface area contributed by atoms with Crippen LogP contribution in [-0.4, -0.2) is 26.6 Å². The van der Waals surface area contributed by atoms with E-state index in [4.69, 9.17) is 0 Å². The molecule has 0 saturated carbocycles. The van der Waals surface area contributed by atoms with Crippen LogP contribution < -0.4 is 0 Å². The minimum Gasteiger partial charge on any atom is -0.273 e. The first-order valence-electron chi connectivity index (χ1n) is 7.96. The molecule has 3 aromatic rings. The number of amides is 1. The molecule has 0 N–H and O–H groups in total. The first-order chi connectivity index (χ1) is 12.1. The van der Waals surface area contributed by atoms with Crippen LogP contribution in [-0.2, 0) is 4.79 Å². The van der Waals surface area contributed by atoms with Crippen molar-refractivity contribution in [2.75, 3.05) is 0 Å². The van der Waals surface area contributed by atoms with E-state index < -0.39 is 0 Å². The van der Waals surface area contributed by atoms with Gasteiger partial charge in [-0.05, 0) is 35.4 Å². The maximum atomic E-state index is 12.1. The average Bonchev–Trinajstić information content (AvgIpc) is 3.07. The molecule has 0 unspecified atom stereocenters. The molecule has 6 heteroatoms. The van der Waals surface area contributed by atoms with Crippen molar-refractivity contribution < 1.29 is 4.79 Å². The highest BCUT2D eigenvalue weighted by Crippen LogP contribution is 2.33. The summed E-state index contributed by atoms with van der Waals surface area (Å²) in [6.07, 6.45) is 4.02. The summed E-state index contributed by atoms with van der Waals surface area (Å²) in [5.41, 5.74) is 4.61. The van der Waals surface area contributed by atoms with Crippen LogP contribution >= 0.6 is 15.9 Å². The molecule has 2 heterocycles. The molecule has 1 atom stereocenters. The maximum Gasteiger partial charge on any atom is 0.240 e. The van der Waals surface area contributed by atoms with Crippen molar-refractivity contribution in [3.8, 4) is 0 Å². The molecule has 2 aromatic carbocycles. The number of fused-ring (bicyclic) bond motifs is 1. The minimum absolute atomic E-state index is 0.0728. The molecule has 0 saturated heterocycles. The van der Waals surface area contributed by atoms with Gasteiger partial charge in [0.1, 0.15) is 0 Å². The van der Waals surface area contributed by atoms with Gasteiger partial charge < -0.3 is 0 Å². The molecule has 0 radical (unpaired) electrons. The van der Waals surface area contributed by atoms with Crippen LogP contribution in [0.4, 0.5) is 0 Å². The summed E-state index contributed by atoms with van der Waals surface area (Å²) in [4.78, 5) is 20.8. The zero-order valence-corrected chi connectivity index (χ0v) is 15.1. The number of carbonyl (C=O) groups is 1. The first kappa shape index (κ1) is 15.9. The first-order valence-corrected chi connectivity index (χ1v) is 8.75. The van der Waals surface area contributed by atoms with E-state index in [1.807, 2.05) is 42.5 Å². The van der Waals surface area contributed by atoms with E-state index in [2.05, 4.69) is 31.0 Å². The molecule has 25 heavy (non-hydrogen) atoms. The van der Waals surface area contributed by atoms with Crippen LogP contribution in [0.3, 0.4) is 0 Å². The number of hydrogen-bond donors (Lipinski definition) is 0. The third kappa shape index (κ3) is 3.05. The monoisotopic (exact) mass is 394 g/mol. The van der Waals surface area contributed by atoms with E-state index in [-0.39, 0.29) is 11.9 Å². The van der Waals surface area contributed by atoms with Gasteiger partial charge in [-0.25, -0.2) is 5.01 Å². The molecule has 0 bridgehead atoms. The third-order valence-corrected chi connectivity index (χ3v) is 4.82. The lowest BCUT2D eigenvalue weighted by molar-refractivity contribution is -0.130. The standard InChI is InChI=1S/C19H15BrN4O/c1-12(25)24-19(11-17(23-24)13-2-5-15(20)6-3-13)14-4-7-16-18(10-14)22-9-8-21-16/h2-10,19H,11H2,1H3/t19-/m0/s1. The van der Waals surface area contributed by atoms with Crippen molar-refractivity contribution in [1.82, 2.24) is 15.0 Å². The van der Waals surface area contributed by atoms with E-state index in [1.54, 1.807) is 24.3 Å². The zero-order valence-electron chi connectivity index (χ0n) is 13.6. The number of aromatic nitrogens is 2. The Kier molecular flexibility index (Phi) is 4.05. The normalized spacial score (nSPS) is 17.0. The second kappa shape index (κ2) is 6.37.